The molecule has 0 rings (SSSR count). The maximum atomic E-state index is 12.8. The lowest BCUT2D eigenvalue weighted by atomic mass is 10.1. The van der Waals surface area contributed by atoms with Crippen molar-refractivity contribution in [1.29, 1.82) is 0 Å². The number of phosphoric acid groups is 1. The fourth-order valence-corrected chi connectivity index (χ4v) is 8.19. The van der Waals surface area contributed by atoms with E-state index < -0.39 is 13.9 Å². The summed E-state index contributed by atoms with van der Waals surface area (Å²) in [4.78, 5) is 23.1. The Labute approximate surface area is 438 Å². The molecule has 0 fully saturated rings. The van der Waals surface area contributed by atoms with Crippen LogP contribution >= 0.6 is 7.82 Å². The second-order valence-corrected chi connectivity index (χ2v) is 21.4. The fourth-order valence-electron chi connectivity index (χ4n) is 7.45. The van der Waals surface area contributed by atoms with Crippen molar-refractivity contribution in [2.45, 2.75) is 225 Å². The molecule has 8 nitrogen and oxygen atoms in total. The van der Waals surface area contributed by atoms with Gasteiger partial charge in [0.25, 0.3) is 0 Å². The summed E-state index contributed by atoms with van der Waals surface area (Å²) in [6.45, 7) is 5.45. The minimum atomic E-state index is -4.30. The maximum Gasteiger partial charge on any atom is 0.472 e. The molecule has 0 aliphatic heterocycles. The van der Waals surface area contributed by atoms with Gasteiger partial charge in [-0.15, -0.1) is 0 Å². The van der Waals surface area contributed by atoms with Gasteiger partial charge in [-0.05, 0) is 103 Å². The lowest BCUT2D eigenvalue weighted by Gasteiger charge is -2.24. The average Bonchev–Trinajstić information content (AvgIpc) is 3.33. The Kier molecular flexibility index (Phi) is 51.3. The number of unbranched alkanes of at least 4 members (excludes halogenated alkanes) is 20. The van der Waals surface area contributed by atoms with Crippen molar-refractivity contribution >= 4 is 13.8 Å². The molecule has 0 aliphatic carbocycles. The molecular formula is C62H109NO7P+. The molecule has 1 N–H and O–H groups in total. The first-order valence-corrected chi connectivity index (χ1v) is 30.1. The van der Waals surface area contributed by atoms with Gasteiger partial charge in [0.1, 0.15) is 19.3 Å². The van der Waals surface area contributed by atoms with Crippen LogP contribution in [0.1, 0.15) is 219 Å². The molecule has 0 amide bonds. The maximum absolute atomic E-state index is 12.8. The van der Waals surface area contributed by atoms with E-state index in [0.29, 0.717) is 24.1 Å². The van der Waals surface area contributed by atoms with E-state index in [2.05, 4.69) is 123 Å². The highest BCUT2D eigenvalue weighted by molar-refractivity contribution is 7.47. The van der Waals surface area contributed by atoms with E-state index in [9.17, 15) is 14.3 Å². The molecule has 0 aromatic carbocycles. The van der Waals surface area contributed by atoms with Gasteiger partial charge in [0.2, 0.25) is 0 Å². The predicted octanol–water partition coefficient (Wildman–Crippen LogP) is 18.3. The Morgan fingerprint density at radius 2 is 0.817 bits per heavy atom. The monoisotopic (exact) mass is 1010 g/mol. The van der Waals surface area contributed by atoms with Crippen LogP contribution in [0, 0.1) is 0 Å². The number of ether oxygens (including phenoxy) is 2. The lowest BCUT2D eigenvalue weighted by molar-refractivity contribution is -0.870. The number of quaternary nitrogens is 1. The molecule has 0 saturated carbocycles. The summed E-state index contributed by atoms with van der Waals surface area (Å²) in [6, 6.07) is 0. The topological polar surface area (TPSA) is 91.3 Å². The van der Waals surface area contributed by atoms with E-state index >= 15 is 0 Å². The second-order valence-electron chi connectivity index (χ2n) is 19.9. The van der Waals surface area contributed by atoms with Crippen LogP contribution in [0.25, 0.3) is 0 Å². The highest BCUT2D eigenvalue weighted by atomic mass is 31.2. The fraction of sp³-hybridized carbons (Fsp3) is 0.694. The van der Waals surface area contributed by atoms with Gasteiger partial charge in [0, 0.05) is 13.0 Å². The summed E-state index contributed by atoms with van der Waals surface area (Å²) in [5.41, 5.74) is 0. The first-order valence-electron chi connectivity index (χ1n) is 28.6. The molecule has 2 atom stereocenters. The van der Waals surface area contributed by atoms with Crippen LogP contribution in [0.3, 0.4) is 0 Å². The van der Waals surface area contributed by atoms with Crippen molar-refractivity contribution in [2.24, 2.45) is 0 Å². The molecular weight excluding hydrogens is 902 g/mol. The van der Waals surface area contributed by atoms with Crippen LogP contribution in [-0.4, -0.2) is 75.6 Å². The zero-order valence-corrected chi connectivity index (χ0v) is 47.3. The molecule has 0 bridgehead atoms. The van der Waals surface area contributed by atoms with E-state index in [1.165, 1.54) is 103 Å². The van der Waals surface area contributed by atoms with Gasteiger partial charge in [-0.3, -0.25) is 13.8 Å². The average molecular weight is 1010 g/mol. The Morgan fingerprint density at radius 1 is 0.451 bits per heavy atom. The molecule has 0 spiro atoms. The number of phosphoric ester groups is 1. The van der Waals surface area contributed by atoms with Gasteiger partial charge >= 0.3 is 13.8 Å². The van der Waals surface area contributed by atoms with Crippen molar-refractivity contribution < 1.29 is 37.3 Å². The second kappa shape index (κ2) is 53.5. The Morgan fingerprint density at radius 3 is 1.23 bits per heavy atom. The SMILES string of the molecule is CC/C=C\C/C=C\C/C=C\C/C=C\C/C=C\C/C=C\CCCCCCC(=O)OC(COCCCCCCCCCCCCC/C=C\C/C=C\C/C=C\CCCCCCC)COP(=O)(O)OCC[N+](C)(C)C. The summed E-state index contributed by atoms with van der Waals surface area (Å²) in [6.07, 6.45) is 75.8. The molecule has 0 radical (unpaired) electrons. The molecule has 71 heavy (non-hydrogen) atoms. The van der Waals surface area contributed by atoms with Crippen LogP contribution in [-0.2, 0) is 27.9 Å². The highest BCUT2D eigenvalue weighted by Gasteiger charge is 2.26. The number of allylic oxidation sites excluding steroid dienone is 18. The Balaban J connectivity index is 4.17. The van der Waals surface area contributed by atoms with E-state index in [0.717, 1.165) is 96.3 Å². The number of carbonyl (C=O) groups excluding carboxylic acids is 1. The number of likely N-dealkylation sites (N-methyl/N-ethyl adjacent to an activating group) is 1. The summed E-state index contributed by atoms with van der Waals surface area (Å²) in [7, 11) is 1.63. The number of hydrogen-bond donors (Lipinski definition) is 1. The van der Waals surface area contributed by atoms with Gasteiger partial charge in [0.05, 0.1) is 34.4 Å². The summed E-state index contributed by atoms with van der Waals surface area (Å²) >= 11 is 0. The smallest absolute Gasteiger partial charge is 0.457 e. The van der Waals surface area contributed by atoms with Crippen LogP contribution < -0.4 is 0 Å². The molecule has 0 saturated heterocycles. The van der Waals surface area contributed by atoms with Crippen LogP contribution in [0.2, 0.25) is 0 Å². The zero-order valence-electron chi connectivity index (χ0n) is 46.4. The minimum Gasteiger partial charge on any atom is -0.457 e. The number of carbonyl (C=O) groups is 1. The largest absolute Gasteiger partial charge is 0.472 e. The molecule has 0 aliphatic rings. The zero-order chi connectivity index (χ0) is 51.9. The van der Waals surface area contributed by atoms with Gasteiger partial charge in [-0.1, -0.05) is 220 Å². The summed E-state index contributed by atoms with van der Waals surface area (Å²) in [5.74, 6) is -0.341. The van der Waals surface area contributed by atoms with Crippen LogP contribution in [0.4, 0.5) is 0 Å². The lowest BCUT2D eigenvalue weighted by Crippen LogP contribution is -2.37. The molecule has 0 aromatic heterocycles. The van der Waals surface area contributed by atoms with Gasteiger partial charge in [-0.2, -0.15) is 0 Å². The first-order chi connectivity index (χ1) is 34.6. The van der Waals surface area contributed by atoms with Crippen molar-refractivity contribution in [2.75, 3.05) is 54.1 Å². The molecule has 0 heterocycles. The van der Waals surface area contributed by atoms with Crippen molar-refractivity contribution in [3.8, 4) is 0 Å². The van der Waals surface area contributed by atoms with Crippen LogP contribution in [0.5, 0.6) is 0 Å². The van der Waals surface area contributed by atoms with E-state index in [-0.39, 0.29) is 25.8 Å². The van der Waals surface area contributed by atoms with Gasteiger partial charge < -0.3 is 18.9 Å². The van der Waals surface area contributed by atoms with E-state index in [1.54, 1.807) is 0 Å². The molecule has 0 aromatic rings. The Hall–Kier alpha value is -2.84. The van der Waals surface area contributed by atoms with Crippen molar-refractivity contribution in [3.63, 3.8) is 0 Å². The summed E-state index contributed by atoms with van der Waals surface area (Å²) in [5, 5.41) is 0. The first kappa shape index (κ1) is 68.2. The third-order valence-electron chi connectivity index (χ3n) is 11.8. The Bertz CT molecular complexity index is 1500. The normalized spacial score (nSPS) is 14.3. The van der Waals surface area contributed by atoms with E-state index in [1.807, 2.05) is 21.1 Å². The molecule has 9 heteroatoms. The number of rotatable bonds is 52. The third kappa shape index (κ3) is 57.9. The minimum absolute atomic E-state index is 0.0765. The van der Waals surface area contributed by atoms with E-state index in [4.69, 9.17) is 18.5 Å². The van der Waals surface area contributed by atoms with Gasteiger partial charge in [0.15, 0.2) is 0 Å². The number of hydrogen-bond acceptors (Lipinski definition) is 6. The van der Waals surface area contributed by atoms with Crippen molar-refractivity contribution in [3.05, 3.63) is 109 Å². The molecule has 408 valence electrons. The third-order valence-corrected chi connectivity index (χ3v) is 12.8. The van der Waals surface area contributed by atoms with Crippen LogP contribution in [0.15, 0.2) is 109 Å². The highest BCUT2D eigenvalue weighted by Crippen LogP contribution is 2.43. The quantitative estimate of drug-likeness (QED) is 0.0213. The molecule has 2 unspecified atom stereocenters. The summed E-state index contributed by atoms with van der Waals surface area (Å²) < 4.78 is 35.2. The van der Waals surface area contributed by atoms with Crippen molar-refractivity contribution in [1.82, 2.24) is 0 Å². The van der Waals surface area contributed by atoms with Gasteiger partial charge in [-0.25, -0.2) is 4.57 Å². The standard InChI is InChI=1S/C62H108NO7P/c1-6-8-10-12-14-16-18-20-22-24-26-28-30-31-32-34-36-38-40-42-44-46-48-50-52-54-57-67-59-61(60-69-71(65,66)68-58-56-63(3,4)5)70-62(64)55-53-51-49-47-45-43-41-39-37-35-33-29-27-25-23-21-19-17-15-13-11-9-7-2/h9,11,15,17-18,20-21,23-24,26-27,29-31,35,37,41,43,61H,6-8,10,12-14,16,19,22,25,28,32-34,36,38-40,42,44-60H2,1-5H3/p+1/b11-9-,17-15-,20-18-,23-21-,26-24-,29-27-,31-30-,37-35-,43-41-. The number of nitrogens with zero attached hydrogens (tertiary/aromatic N) is 1. The predicted molar refractivity (Wildman–Crippen MR) is 307 cm³/mol. The number of esters is 1.